The zero-order chi connectivity index (χ0) is 22.6. The number of hydrogen-bond donors (Lipinski definition) is 2. The number of rotatable bonds is 7. The third-order valence-electron chi connectivity index (χ3n) is 5.57. The summed E-state index contributed by atoms with van der Waals surface area (Å²) >= 11 is 0. The quantitative estimate of drug-likeness (QED) is 0.411. The monoisotopic (exact) mass is 462 g/mol. The lowest BCUT2D eigenvalue weighted by Crippen LogP contribution is -2.39. The highest BCUT2D eigenvalue weighted by Gasteiger charge is 2.48. The van der Waals surface area contributed by atoms with Gasteiger partial charge in [0, 0.05) is 21.2 Å². The first-order chi connectivity index (χ1) is 15.5. The molecule has 0 amide bonds. The summed E-state index contributed by atoms with van der Waals surface area (Å²) in [5, 5.41) is 24.6. The molecular formula is C26H24O4P2. The average molecular weight is 462 g/mol. The summed E-state index contributed by atoms with van der Waals surface area (Å²) in [5.74, 6) is -3.56. The lowest BCUT2D eigenvalue weighted by Gasteiger charge is -2.33. The number of aliphatic hydroxyl groups is 2. The number of hydrogen-bond acceptors (Lipinski definition) is 4. The van der Waals surface area contributed by atoms with Crippen molar-refractivity contribution in [1.29, 1.82) is 0 Å². The first-order valence-corrected chi connectivity index (χ1v) is 13.8. The van der Waals surface area contributed by atoms with Crippen LogP contribution in [0.3, 0.4) is 0 Å². The van der Waals surface area contributed by atoms with E-state index in [0.29, 0.717) is 21.2 Å². The maximum absolute atomic E-state index is 14.5. The highest BCUT2D eigenvalue weighted by Crippen LogP contribution is 2.58. The van der Waals surface area contributed by atoms with E-state index in [1.165, 1.54) is 0 Å². The summed E-state index contributed by atoms with van der Waals surface area (Å²) in [6.45, 7) is 0. The van der Waals surface area contributed by atoms with Gasteiger partial charge in [-0.2, -0.15) is 0 Å². The van der Waals surface area contributed by atoms with Crippen molar-refractivity contribution in [3.05, 3.63) is 121 Å². The van der Waals surface area contributed by atoms with Crippen LogP contribution in [0.15, 0.2) is 121 Å². The van der Waals surface area contributed by atoms with Gasteiger partial charge >= 0.3 is 0 Å². The smallest absolute Gasteiger partial charge is 0.173 e. The number of benzene rings is 4. The van der Waals surface area contributed by atoms with Crippen molar-refractivity contribution in [2.75, 3.05) is 0 Å². The Morgan fingerprint density at radius 2 is 0.594 bits per heavy atom. The molecule has 162 valence electrons. The van der Waals surface area contributed by atoms with Crippen molar-refractivity contribution < 1.29 is 19.3 Å². The van der Waals surface area contributed by atoms with Crippen LogP contribution in [0.1, 0.15) is 0 Å². The Morgan fingerprint density at radius 3 is 0.781 bits per heavy atom. The zero-order valence-electron chi connectivity index (χ0n) is 17.3. The molecule has 0 aliphatic carbocycles. The summed E-state index contributed by atoms with van der Waals surface area (Å²) in [4.78, 5) is 0. The van der Waals surface area contributed by atoms with E-state index in [4.69, 9.17) is 0 Å². The molecule has 6 heteroatoms. The van der Waals surface area contributed by atoms with Crippen LogP contribution in [-0.4, -0.2) is 21.9 Å². The minimum absolute atomic E-state index is 0.394. The summed E-state index contributed by atoms with van der Waals surface area (Å²) < 4.78 is 29.1. The predicted molar refractivity (Wildman–Crippen MR) is 132 cm³/mol. The molecule has 0 aromatic heterocycles. The molecule has 4 aromatic rings. The van der Waals surface area contributed by atoms with E-state index in [0.717, 1.165) is 0 Å². The molecule has 0 bridgehead atoms. The molecule has 0 saturated carbocycles. The topological polar surface area (TPSA) is 74.6 Å². The molecule has 0 radical (unpaired) electrons. The van der Waals surface area contributed by atoms with Gasteiger partial charge < -0.3 is 19.3 Å². The van der Waals surface area contributed by atoms with E-state index in [-0.39, 0.29) is 0 Å². The van der Waals surface area contributed by atoms with E-state index in [9.17, 15) is 19.3 Å². The molecule has 2 unspecified atom stereocenters. The molecule has 2 atom stereocenters. The molecule has 0 fully saturated rings. The molecule has 0 aliphatic rings. The van der Waals surface area contributed by atoms with Gasteiger partial charge in [0.1, 0.15) is 11.7 Å². The van der Waals surface area contributed by atoms with E-state index in [1.807, 2.05) is 0 Å². The predicted octanol–water partition coefficient (Wildman–Crippen LogP) is 3.65. The Hall–Kier alpha value is -2.74. The van der Waals surface area contributed by atoms with E-state index < -0.39 is 26.0 Å². The molecule has 0 heterocycles. The average Bonchev–Trinajstić information content (AvgIpc) is 2.89. The molecule has 4 rings (SSSR count). The van der Waals surface area contributed by atoms with Crippen LogP contribution in [0.2, 0.25) is 0 Å². The Kier molecular flexibility index (Phi) is 6.60. The summed E-state index contributed by atoms with van der Waals surface area (Å²) in [6.07, 6.45) is 0. The Balaban J connectivity index is 1.91. The van der Waals surface area contributed by atoms with E-state index in [2.05, 4.69) is 0 Å². The minimum Gasteiger partial charge on any atom is -0.381 e. The van der Waals surface area contributed by atoms with Crippen molar-refractivity contribution in [3.8, 4) is 0 Å². The van der Waals surface area contributed by atoms with Crippen LogP contribution in [0, 0.1) is 0 Å². The second-order valence-electron chi connectivity index (χ2n) is 7.49. The Bertz CT molecular complexity index is 1060. The van der Waals surface area contributed by atoms with Gasteiger partial charge in [0.15, 0.2) is 14.3 Å². The number of aliphatic hydroxyl groups excluding tert-OH is 2. The van der Waals surface area contributed by atoms with Gasteiger partial charge in [-0.3, -0.25) is 0 Å². The lowest BCUT2D eigenvalue weighted by atomic mass is 10.4. The van der Waals surface area contributed by atoms with E-state index >= 15 is 0 Å². The van der Waals surface area contributed by atoms with Gasteiger partial charge in [0.2, 0.25) is 0 Å². The first kappa shape index (κ1) is 22.5. The van der Waals surface area contributed by atoms with E-state index in [1.54, 1.807) is 121 Å². The Morgan fingerprint density at radius 1 is 0.406 bits per heavy atom. The SMILES string of the molecule is O=P(c1ccccc1)(c1ccccc1)C(O)C(O)P(=O)(c1ccccc1)c1ccccc1. The summed E-state index contributed by atoms with van der Waals surface area (Å²) in [6, 6.07) is 34.4. The summed E-state index contributed by atoms with van der Waals surface area (Å²) in [5.41, 5.74) is 0. The zero-order valence-corrected chi connectivity index (χ0v) is 19.1. The van der Waals surface area contributed by atoms with Crippen molar-refractivity contribution in [2.24, 2.45) is 0 Å². The van der Waals surface area contributed by atoms with Gasteiger partial charge in [0.25, 0.3) is 0 Å². The lowest BCUT2D eigenvalue weighted by molar-refractivity contribution is 0.121. The van der Waals surface area contributed by atoms with Crippen LogP contribution >= 0.6 is 14.3 Å². The molecular weight excluding hydrogens is 438 g/mol. The highest BCUT2D eigenvalue weighted by molar-refractivity contribution is 7.83. The maximum atomic E-state index is 14.5. The fourth-order valence-electron chi connectivity index (χ4n) is 3.88. The second-order valence-corrected chi connectivity index (χ2v) is 13.2. The van der Waals surface area contributed by atoms with Crippen molar-refractivity contribution in [2.45, 2.75) is 11.7 Å². The summed E-state index contributed by atoms with van der Waals surface area (Å²) in [7, 11) is -7.55. The minimum atomic E-state index is -3.78. The normalized spacial score (nSPS) is 13.9. The largest absolute Gasteiger partial charge is 0.381 e. The van der Waals surface area contributed by atoms with Crippen LogP contribution < -0.4 is 21.2 Å². The molecule has 4 nitrogen and oxygen atoms in total. The van der Waals surface area contributed by atoms with Crippen molar-refractivity contribution >= 4 is 35.5 Å². The first-order valence-electron chi connectivity index (χ1n) is 10.3. The molecule has 0 spiro atoms. The fraction of sp³-hybridized carbons (Fsp3) is 0.0769. The standard InChI is InChI=1S/C26H24O4P2/c27-25(31(29,21-13-5-1-6-14-21)22-15-7-2-8-16-22)26(28)32(30,23-17-9-3-10-18-23)24-19-11-4-12-20-24/h1-20,25-28H. The van der Waals surface area contributed by atoms with Crippen LogP contribution in [-0.2, 0) is 9.13 Å². The third-order valence-corrected chi connectivity index (χ3v) is 12.1. The van der Waals surface area contributed by atoms with Crippen LogP contribution in [0.4, 0.5) is 0 Å². The molecule has 32 heavy (non-hydrogen) atoms. The Labute approximate surface area is 188 Å². The second kappa shape index (κ2) is 9.40. The van der Waals surface area contributed by atoms with Gasteiger partial charge in [-0.1, -0.05) is 121 Å². The van der Waals surface area contributed by atoms with Gasteiger partial charge in [-0.25, -0.2) is 0 Å². The molecule has 2 N–H and O–H groups in total. The van der Waals surface area contributed by atoms with Gasteiger partial charge in [-0.15, -0.1) is 0 Å². The highest BCUT2D eigenvalue weighted by atomic mass is 31.2. The van der Waals surface area contributed by atoms with Crippen molar-refractivity contribution in [3.63, 3.8) is 0 Å². The van der Waals surface area contributed by atoms with Crippen LogP contribution in [0.25, 0.3) is 0 Å². The molecule has 0 saturated heterocycles. The van der Waals surface area contributed by atoms with Gasteiger partial charge in [0.05, 0.1) is 0 Å². The fourth-order valence-corrected chi connectivity index (χ4v) is 10.0. The van der Waals surface area contributed by atoms with Gasteiger partial charge in [-0.05, 0) is 0 Å². The van der Waals surface area contributed by atoms with Crippen molar-refractivity contribution in [1.82, 2.24) is 0 Å². The van der Waals surface area contributed by atoms with Crippen LogP contribution in [0.5, 0.6) is 0 Å². The maximum Gasteiger partial charge on any atom is 0.173 e. The molecule has 0 aliphatic heterocycles. The molecule has 4 aromatic carbocycles. The third kappa shape index (κ3) is 3.92.